The fourth-order valence-corrected chi connectivity index (χ4v) is 1.45. The van der Waals surface area contributed by atoms with E-state index in [1.54, 1.807) is 7.11 Å². The third-order valence-corrected chi connectivity index (χ3v) is 2.03. The number of rotatable bonds is 5. The topological polar surface area (TPSA) is 18.5 Å². The minimum Gasteiger partial charge on any atom is -0.493 e. The van der Waals surface area contributed by atoms with Gasteiger partial charge in [0.05, 0.1) is 13.7 Å². The number of hydrogen-bond acceptors (Lipinski definition) is 2. The van der Waals surface area contributed by atoms with Crippen LogP contribution < -0.4 is 9.47 Å². The molecule has 0 fully saturated rings. The van der Waals surface area contributed by atoms with E-state index >= 15 is 0 Å². The molecule has 0 amide bonds. The zero-order valence-electron chi connectivity index (χ0n) is 9.67. The maximum atomic E-state index is 5.50. The summed E-state index contributed by atoms with van der Waals surface area (Å²) in [5, 5.41) is 0. The number of hydrogen-bond donors (Lipinski definition) is 0. The van der Waals surface area contributed by atoms with Gasteiger partial charge in [-0.2, -0.15) is 0 Å². The van der Waals surface area contributed by atoms with Gasteiger partial charge in [-0.3, -0.25) is 0 Å². The number of ether oxygens (including phenoxy) is 2. The minimum atomic E-state index is 0.646. The van der Waals surface area contributed by atoms with Crippen molar-refractivity contribution in [2.45, 2.75) is 20.3 Å². The van der Waals surface area contributed by atoms with Crippen molar-refractivity contribution in [1.29, 1.82) is 0 Å². The molecular weight excluding hydrogens is 188 g/mol. The van der Waals surface area contributed by atoms with Gasteiger partial charge in [0.15, 0.2) is 11.5 Å². The maximum absolute atomic E-state index is 5.50. The van der Waals surface area contributed by atoms with Gasteiger partial charge in [0.1, 0.15) is 0 Å². The summed E-state index contributed by atoms with van der Waals surface area (Å²) in [6.45, 7) is 8.52. The molecule has 1 rings (SSSR count). The summed E-state index contributed by atoms with van der Waals surface area (Å²) < 4.78 is 10.7. The van der Waals surface area contributed by atoms with Gasteiger partial charge in [-0.1, -0.05) is 18.2 Å². The summed E-state index contributed by atoms with van der Waals surface area (Å²) in [5.41, 5.74) is 2.34. The molecular formula is C13H18O2. The van der Waals surface area contributed by atoms with Crippen molar-refractivity contribution in [2.75, 3.05) is 13.7 Å². The first-order valence-corrected chi connectivity index (χ1v) is 5.11. The first-order valence-electron chi connectivity index (χ1n) is 5.11. The largest absolute Gasteiger partial charge is 0.493 e. The summed E-state index contributed by atoms with van der Waals surface area (Å²) in [6.07, 6.45) is 0.879. The van der Waals surface area contributed by atoms with Crippen LogP contribution in [-0.2, 0) is 6.42 Å². The quantitative estimate of drug-likeness (QED) is 0.689. The van der Waals surface area contributed by atoms with Gasteiger partial charge in [0.2, 0.25) is 0 Å². The smallest absolute Gasteiger partial charge is 0.161 e. The Balaban J connectivity index is 2.93. The number of benzene rings is 1. The molecule has 82 valence electrons. The summed E-state index contributed by atoms with van der Waals surface area (Å²) in [5.74, 6) is 1.58. The van der Waals surface area contributed by atoms with Crippen molar-refractivity contribution in [3.8, 4) is 11.5 Å². The lowest BCUT2D eigenvalue weighted by atomic mass is 10.1. The van der Waals surface area contributed by atoms with Crippen LogP contribution in [0.15, 0.2) is 30.4 Å². The van der Waals surface area contributed by atoms with E-state index in [0.717, 1.165) is 23.5 Å². The second-order valence-electron chi connectivity index (χ2n) is 3.55. The van der Waals surface area contributed by atoms with Crippen molar-refractivity contribution in [2.24, 2.45) is 0 Å². The predicted molar refractivity (Wildman–Crippen MR) is 62.7 cm³/mol. The highest BCUT2D eigenvalue weighted by Crippen LogP contribution is 2.28. The third-order valence-electron chi connectivity index (χ3n) is 2.03. The molecule has 2 nitrogen and oxygen atoms in total. The SMILES string of the molecule is C=C(C)Cc1ccc(OC)c(OCC)c1. The van der Waals surface area contributed by atoms with Crippen LogP contribution in [0, 0.1) is 0 Å². The average molecular weight is 206 g/mol. The Bertz CT molecular complexity index is 342. The molecule has 0 spiro atoms. The summed E-state index contributed by atoms with van der Waals surface area (Å²) in [7, 11) is 1.65. The van der Waals surface area contributed by atoms with Crippen molar-refractivity contribution >= 4 is 0 Å². The van der Waals surface area contributed by atoms with Crippen LogP contribution >= 0.6 is 0 Å². The zero-order valence-corrected chi connectivity index (χ0v) is 9.67. The van der Waals surface area contributed by atoms with E-state index in [1.165, 1.54) is 5.56 Å². The lowest BCUT2D eigenvalue weighted by molar-refractivity contribution is 0.310. The molecule has 0 aromatic heterocycles. The Hall–Kier alpha value is -1.44. The van der Waals surface area contributed by atoms with Crippen LogP contribution in [-0.4, -0.2) is 13.7 Å². The van der Waals surface area contributed by atoms with E-state index in [9.17, 15) is 0 Å². The van der Waals surface area contributed by atoms with Gasteiger partial charge >= 0.3 is 0 Å². The van der Waals surface area contributed by atoms with Crippen LogP contribution in [0.5, 0.6) is 11.5 Å². The molecule has 1 aromatic carbocycles. The minimum absolute atomic E-state index is 0.646. The monoisotopic (exact) mass is 206 g/mol. The fraction of sp³-hybridized carbons (Fsp3) is 0.385. The molecule has 0 heterocycles. The number of methoxy groups -OCH3 is 1. The second-order valence-corrected chi connectivity index (χ2v) is 3.55. The maximum Gasteiger partial charge on any atom is 0.161 e. The molecule has 0 atom stereocenters. The fourth-order valence-electron chi connectivity index (χ4n) is 1.45. The van der Waals surface area contributed by atoms with E-state index in [1.807, 2.05) is 32.0 Å². The van der Waals surface area contributed by atoms with Gasteiger partial charge < -0.3 is 9.47 Å². The third kappa shape index (κ3) is 3.31. The molecule has 0 aliphatic rings. The van der Waals surface area contributed by atoms with Gasteiger partial charge in [-0.15, -0.1) is 0 Å². The molecule has 0 unspecified atom stereocenters. The highest BCUT2D eigenvalue weighted by molar-refractivity contribution is 5.43. The highest BCUT2D eigenvalue weighted by Gasteiger charge is 2.04. The summed E-state index contributed by atoms with van der Waals surface area (Å²) in [6, 6.07) is 5.98. The van der Waals surface area contributed by atoms with E-state index in [-0.39, 0.29) is 0 Å². The standard InChI is InChI=1S/C13H18O2/c1-5-15-13-9-11(8-10(2)3)6-7-12(13)14-4/h6-7,9H,2,5,8H2,1,3-4H3. The van der Waals surface area contributed by atoms with Crippen molar-refractivity contribution in [1.82, 2.24) is 0 Å². The molecule has 0 aliphatic carbocycles. The molecule has 2 heteroatoms. The van der Waals surface area contributed by atoms with Crippen molar-refractivity contribution in [3.05, 3.63) is 35.9 Å². The molecule has 0 radical (unpaired) electrons. The lowest BCUT2D eigenvalue weighted by Gasteiger charge is -2.10. The van der Waals surface area contributed by atoms with Crippen LogP contribution in [0.1, 0.15) is 19.4 Å². The highest BCUT2D eigenvalue weighted by atomic mass is 16.5. The van der Waals surface area contributed by atoms with Gasteiger partial charge in [-0.05, 0) is 38.0 Å². The Kier molecular flexibility index (Phi) is 4.22. The van der Waals surface area contributed by atoms with Crippen LogP contribution in [0.3, 0.4) is 0 Å². The molecule has 0 bridgehead atoms. The van der Waals surface area contributed by atoms with Gasteiger partial charge in [0.25, 0.3) is 0 Å². The Labute approximate surface area is 91.5 Å². The second kappa shape index (κ2) is 5.44. The molecule has 0 saturated heterocycles. The first kappa shape index (κ1) is 11.6. The van der Waals surface area contributed by atoms with Crippen LogP contribution in [0.4, 0.5) is 0 Å². The Morgan fingerprint density at radius 3 is 2.60 bits per heavy atom. The van der Waals surface area contributed by atoms with Gasteiger partial charge in [0, 0.05) is 0 Å². The van der Waals surface area contributed by atoms with Crippen molar-refractivity contribution < 1.29 is 9.47 Å². The van der Waals surface area contributed by atoms with Crippen molar-refractivity contribution in [3.63, 3.8) is 0 Å². The molecule has 15 heavy (non-hydrogen) atoms. The van der Waals surface area contributed by atoms with Crippen LogP contribution in [0.25, 0.3) is 0 Å². The normalized spacial score (nSPS) is 9.80. The average Bonchev–Trinajstić information content (AvgIpc) is 2.18. The zero-order chi connectivity index (χ0) is 11.3. The molecule has 1 aromatic rings. The Morgan fingerprint density at radius 2 is 2.07 bits per heavy atom. The van der Waals surface area contributed by atoms with E-state index in [2.05, 4.69) is 6.58 Å². The predicted octanol–water partition coefficient (Wildman–Crippen LogP) is 3.21. The van der Waals surface area contributed by atoms with E-state index < -0.39 is 0 Å². The summed E-state index contributed by atoms with van der Waals surface area (Å²) in [4.78, 5) is 0. The molecule has 0 saturated carbocycles. The van der Waals surface area contributed by atoms with E-state index in [0.29, 0.717) is 6.61 Å². The Morgan fingerprint density at radius 1 is 1.33 bits per heavy atom. The molecule has 0 aliphatic heterocycles. The van der Waals surface area contributed by atoms with Gasteiger partial charge in [-0.25, -0.2) is 0 Å². The van der Waals surface area contributed by atoms with Crippen LogP contribution in [0.2, 0.25) is 0 Å². The summed E-state index contributed by atoms with van der Waals surface area (Å²) >= 11 is 0. The lowest BCUT2D eigenvalue weighted by Crippen LogP contribution is -1.96. The first-order chi connectivity index (χ1) is 7.17. The van der Waals surface area contributed by atoms with E-state index in [4.69, 9.17) is 9.47 Å². The number of allylic oxidation sites excluding steroid dienone is 1. The molecule has 0 N–H and O–H groups in total.